The summed E-state index contributed by atoms with van der Waals surface area (Å²) in [6.07, 6.45) is 5.60. The van der Waals surface area contributed by atoms with E-state index in [0.29, 0.717) is 0 Å². The van der Waals surface area contributed by atoms with Gasteiger partial charge in [-0.05, 0) is 25.7 Å². The van der Waals surface area contributed by atoms with Gasteiger partial charge in [0.1, 0.15) is 0 Å². The van der Waals surface area contributed by atoms with Crippen molar-refractivity contribution in [2.75, 3.05) is 19.3 Å². The third-order valence-corrected chi connectivity index (χ3v) is 5.67. The number of rotatable bonds is 5. The van der Waals surface area contributed by atoms with Crippen LogP contribution in [-0.2, 0) is 16.6 Å². The van der Waals surface area contributed by atoms with Crippen molar-refractivity contribution >= 4 is 21.4 Å². The Hall–Kier alpha value is -0.500. The number of sulfonamides is 1. The lowest BCUT2D eigenvalue weighted by Gasteiger charge is -2.31. The number of hydrogen-bond donors (Lipinski definition) is 1. The molecule has 1 N–H and O–H groups in total. The van der Waals surface area contributed by atoms with Crippen molar-refractivity contribution in [3.63, 3.8) is 0 Å². The van der Waals surface area contributed by atoms with Gasteiger partial charge in [0, 0.05) is 37.0 Å². The average molecular weight is 315 g/mol. The van der Waals surface area contributed by atoms with E-state index in [1.807, 2.05) is 0 Å². The number of nitrogens with one attached hydrogen (secondary N) is 1. The van der Waals surface area contributed by atoms with Crippen molar-refractivity contribution in [2.45, 2.75) is 44.2 Å². The maximum absolute atomic E-state index is 11.2. The normalized spacial score (nSPS) is 22.2. The van der Waals surface area contributed by atoms with Crippen LogP contribution < -0.4 is 4.72 Å². The Balaban J connectivity index is 1.48. The number of nitrogens with zero attached hydrogens (tertiary/aromatic N) is 2. The lowest BCUT2D eigenvalue weighted by molar-refractivity contribution is 0.198. The summed E-state index contributed by atoms with van der Waals surface area (Å²) in [5.74, 6) is 0.735. The zero-order valence-electron chi connectivity index (χ0n) is 11.7. The van der Waals surface area contributed by atoms with Crippen molar-refractivity contribution in [3.05, 3.63) is 16.1 Å². The smallest absolute Gasteiger partial charge is 0.208 e. The first kappa shape index (κ1) is 14.4. The summed E-state index contributed by atoms with van der Waals surface area (Å²) in [5.41, 5.74) is 1.17. The Morgan fingerprint density at radius 3 is 2.65 bits per heavy atom. The molecule has 0 radical (unpaired) electrons. The van der Waals surface area contributed by atoms with Gasteiger partial charge in [-0.3, -0.25) is 4.90 Å². The molecule has 1 aliphatic heterocycles. The molecule has 2 fully saturated rings. The first-order valence-corrected chi connectivity index (χ1v) is 9.91. The maximum atomic E-state index is 11.2. The molecule has 1 aliphatic carbocycles. The molecule has 0 spiro atoms. The van der Waals surface area contributed by atoms with Gasteiger partial charge < -0.3 is 0 Å². The topological polar surface area (TPSA) is 62.3 Å². The predicted octanol–water partition coefficient (Wildman–Crippen LogP) is 1.53. The fourth-order valence-corrected chi connectivity index (χ4v) is 4.48. The van der Waals surface area contributed by atoms with E-state index in [1.54, 1.807) is 11.3 Å². The first-order chi connectivity index (χ1) is 9.49. The highest BCUT2D eigenvalue weighted by Crippen LogP contribution is 2.41. The minimum Gasteiger partial charge on any atom is -0.297 e. The molecule has 0 atom stereocenters. The van der Waals surface area contributed by atoms with Gasteiger partial charge in [-0.1, -0.05) is 0 Å². The molecule has 1 saturated carbocycles. The van der Waals surface area contributed by atoms with Crippen molar-refractivity contribution in [1.82, 2.24) is 14.6 Å². The zero-order valence-corrected chi connectivity index (χ0v) is 13.3. The number of aromatic nitrogens is 1. The second kappa shape index (κ2) is 5.71. The molecule has 0 unspecified atom stereocenters. The van der Waals surface area contributed by atoms with Crippen LogP contribution in [0.4, 0.5) is 0 Å². The van der Waals surface area contributed by atoms with E-state index < -0.39 is 10.0 Å². The van der Waals surface area contributed by atoms with E-state index in [2.05, 4.69) is 15.0 Å². The second-order valence-corrected chi connectivity index (χ2v) is 8.56. The van der Waals surface area contributed by atoms with Crippen LogP contribution in [0.3, 0.4) is 0 Å². The standard InChI is InChI=1S/C13H21N3O2S2/c1-20(17,18)15-11-4-6-16(7-5-11)8-12-9-19-13(14-12)10-2-3-10/h9-11,15H,2-8H2,1H3. The van der Waals surface area contributed by atoms with E-state index in [9.17, 15) is 8.42 Å². The molecule has 1 aromatic rings. The van der Waals surface area contributed by atoms with Crippen LogP contribution in [0.15, 0.2) is 5.38 Å². The molecule has 20 heavy (non-hydrogen) atoms. The number of piperidine rings is 1. The van der Waals surface area contributed by atoms with E-state index in [-0.39, 0.29) is 6.04 Å². The molecule has 112 valence electrons. The summed E-state index contributed by atoms with van der Waals surface area (Å²) in [6, 6.07) is 0.0960. The van der Waals surface area contributed by atoms with Crippen LogP contribution in [0.2, 0.25) is 0 Å². The van der Waals surface area contributed by atoms with Gasteiger partial charge in [0.15, 0.2) is 0 Å². The van der Waals surface area contributed by atoms with Gasteiger partial charge in [0.05, 0.1) is 17.0 Å². The van der Waals surface area contributed by atoms with Crippen LogP contribution >= 0.6 is 11.3 Å². The summed E-state index contributed by atoms with van der Waals surface area (Å²) < 4.78 is 25.1. The van der Waals surface area contributed by atoms with Crippen molar-refractivity contribution in [3.8, 4) is 0 Å². The summed E-state index contributed by atoms with van der Waals surface area (Å²) >= 11 is 1.79. The molecular formula is C13H21N3O2S2. The minimum atomic E-state index is -3.08. The monoisotopic (exact) mass is 315 g/mol. The summed E-state index contributed by atoms with van der Waals surface area (Å²) in [4.78, 5) is 7.08. The van der Waals surface area contributed by atoms with Crippen molar-refractivity contribution in [1.29, 1.82) is 0 Å². The highest BCUT2D eigenvalue weighted by molar-refractivity contribution is 7.88. The lowest BCUT2D eigenvalue weighted by Crippen LogP contribution is -2.43. The molecule has 0 aromatic carbocycles. The van der Waals surface area contributed by atoms with Crippen LogP contribution in [0.1, 0.15) is 42.3 Å². The van der Waals surface area contributed by atoms with Gasteiger partial charge in [0.2, 0.25) is 10.0 Å². The Morgan fingerprint density at radius 1 is 1.35 bits per heavy atom. The highest BCUT2D eigenvalue weighted by atomic mass is 32.2. The Bertz CT molecular complexity index is 558. The summed E-state index contributed by atoms with van der Waals surface area (Å²) in [6.45, 7) is 2.77. The average Bonchev–Trinajstić information content (AvgIpc) is 3.11. The SMILES string of the molecule is CS(=O)(=O)NC1CCN(Cc2csc(C3CC3)n2)CC1. The molecule has 2 heterocycles. The summed E-state index contributed by atoms with van der Waals surface area (Å²) in [7, 11) is -3.08. The maximum Gasteiger partial charge on any atom is 0.208 e. The van der Waals surface area contributed by atoms with E-state index >= 15 is 0 Å². The highest BCUT2D eigenvalue weighted by Gasteiger charge is 2.27. The van der Waals surface area contributed by atoms with E-state index in [4.69, 9.17) is 4.98 Å². The number of thiazole rings is 1. The van der Waals surface area contributed by atoms with Crippen LogP contribution in [0.5, 0.6) is 0 Å². The third-order valence-electron chi connectivity index (χ3n) is 3.85. The molecule has 3 rings (SSSR count). The van der Waals surface area contributed by atoms with Crippen LogP contribution in [0, 0.1) is 0 Å². The molecule has 5 nitrogen and oxygen atoms in total. The fourth-order valence-electron chi connectivity index (χ4n) is 2.65. The zero-order chi connectivity index (χ0) is 14.2. The number of hydrogen-bond acceptors (Lipinski definition) is 5. The molecule has 0 bridgehead atoms. The Labute approximate surface area is 124 Å². The molecule has 7 heteroatoms. The quantitative estimate of drug-likeness (QED) is 0.895. The Kier molecular flexibility index (Phi) is 4.12. The largest absolute Gasteiger partial charge is 0.297 e. The van der Waals surface area contributed by atoms with Gasteiger partial charge >= 0.3 is 0 Å². The van der Waals surface area contributed by atoms with Gasteiger partial charge in [-0.2, -0.15) is 0 Å². The fraction of sp³-hybridized carbons (Fsp3) is 0.769. The predicted molar refractivity (Wildman–Crippen MR) is 80.4 cm³/mol. The third kappa shape index (κ3) is 4.00. The van der Waals surface area contributed by atoms with Crippen LogP contribution in [-0.4, -0.2) is 43.7 Å². The van der Waals surface area contributed by atoms with Crippen molar-refractivity contribution in [2.24, 2.45) is 0 Å². The lowest BCUT2D eigenvalue weighted by atomic mass is 10.1. The Morgan fingerprint density at radius 2 is 2.05 bits per heavy atom. The molecule has 1 saturated heterocycles. The molecule has 0 amide bonds. The molecular weight excluding hydrogens is 294 g/mol. The summed E-state index contributed by atoms with van der Waals surface area (Å²) in [5, 5.41) is 3.47. The minimum absolute atomic E-state index is 0.0960. The van der Waals surface area contributed by atoms with E-state index in [1.165, 1.54) is 29.8 Å². The van der Waals surface area contributed by atoms with E-state index in [0.717, 1.165) is 38.4 Å². The van der Waals surface area contributed by atoms with Crippen LogP contribution in [0.25, 0.3) is 0 Å². The number of likely N-dealkylation sites (tertiary alicyclic amines) is 1. The van der Waals surface area contributed by atoms with Crippen molar-refractivity contribution < 1.29 is 8.42 Å². The molecule has 2 aliphatic rings. The van der Waals surface area contributed by atoms with Gasteiger partial charge in [0.25, 0.3) is 0 Å². The van der Waals surface area contributed by atoms with Gasteiger partial charge in [-0.15, -0.1) is 11.3 Å². The first-order valence-electron chi connectivity index (χ1n) is 7.13. The second-order valence-electron chi connectivity index (χ2n) is 5.89. The van der Waals surface area contributed by atoms with Gasteiger partial charge in [-0.25, -0.2) is 18.1 Å². The molecule has 1 aromatic heterocycles.